The second-order valence-corrected chi connectivity index (χ2v) is 17.3. The Hall–Kier alpha value is -3.48. The number of ketones is 1. The average molecular weight is 728 g/mol. The second-order valence-electron chi connectivity index (χ2n) is 15.4. The van der Waals surface area contributed by atoms with Crippen molar-refractivity contribution in [2.45, 2.75) is 141 Å². The normalized spacial score (nSPS) is 28.9. The Balaban J connectivity index is 1.24. The predicted octanol–water partition coefficient (Wildman–Crippen LogP) is 4.95. The lowest BCUT2D eigenvalue weighted by Gasteiger charge is -2.29. The van der Waals surface area contributed by atoms with Gasteiger partial charge in [-0.3, -0.25) is 28.8 Å². The summed E-state index contributed by atoms with van der Waals surface area (Å²) in [6.07, 6.45) is 6.83. The van der Waals surface area contributed by atoms with Crippen LogP contribution in [0.1, 0.15) is 120 Å². The number of cyclic esters (lactones) is 1. The molecular weight excluding hydrogens is 674 g/mol. The summed E-state index contributed by atoms with van der Waals surface area (Å²) < 4.78 is 39.2. The fourth-order valence-electron chi connectivity index (χ4n) is 8.33. The molecule has 12 nitrogen and oxygen atoms in total. The molecule has 6 rings (SSSR count). The van der Waals surface area contributed by atoms with E-state index < -0.39 is 56.7 Å². The number of carbonyl (C=O) groups excluding carboxylic acids is 5. The molecule has 1 aromatic carbocycles. The summed E-state index contributed by atoms with van der Waals surface area (Å²) in [7, 11) is -3.81. The third-order valence-electron chi connectivity index (χ3n) is 11.7. The number of nitrogens with zero attached hydrogens (tertiary/aromatic N) is 2. The van der Waals surface area contributed by atoms with Gasteiger partial charge in [0.25, 0.3) is 0 Å². The molecule has 2 saturated carbocycles. The Labute approximate surface area is 301 Å². The minimum absolute atomic E-state index is 0.0167. The molecule has 4 bridgehead atoms. The van der Waals surface area contributed by atoms with Crippen molar-refractivity contribution in [2.24, 2.45) is 17.3 Å². The van der Waals surface area contributed by atoms with Crippen molar-refractivity contribution in [3.8, 4) is 0 Å². The highest BCUT2D eigenvalue weighted by atomic mass is 32.2. The molecule has 1 N–H and O–H groups in total. The molecule has 3 amide bonds. The van der Waals surface area contributed by atoms with Crippen LogP contribution in [-0.2, 0) is 58.2 Å². The molecule has 1 aromatic rings. The summed E-state index contributed by atoms with van der Waals surface area (Å²) in [5.41, 5.74) is 2.25. The second kappa shape index (κ2) is 15.6. The first-order chi connectivity index (χ1) is 24.5. The number of fused-ring (bicyclic) bond motifs is 3. The van der Waals surface area contributed by atoms with Crippen molar-refractivity contribution < 1.29 is 41.9 Å². The van der Waals surface area contributed by atoms with Gasteiger partial charge >= 0.3 is 12.1 Å². The van der Waals surface area contributed by atoms with Gasteiger partial charge in [0, 0.05) is 31.8 Å². The molecule has 5 aliphatic rings. The minimum atomic E-state index is -3.81. The van der Waals surface area contributed by atoms with E-state index in [9.17, 15) is 32.4 Å². The molecule has 51 heavy (non-hydrogen) atoms. The molecule has 2 aliphatic carbocycles. The zero-order valence-electron chi connectivity index (χ0n) is 30.0. The SMILES string of the molecule is CCCC[C@@H]1CC(=O)OCCCCCCc2cccc3c2CN(C3)C(=O)O[C@@H]2C[C@@H](C(=O)C[C@]3(C(=O)NS(=O)(=O)C4CC4)C[C@H]3CC)N(C2)C1=O. The number of hydrogen-bond acceptors (Lipinski definition) is 9. The minimum Gasteiger partial charge on any atom is -0.466 e. The lowest BCUT2D eigenvalue weighted by atomic mass is 9.90. The average Bonchev–Trinajstić information content (AvgIpc) is 3.99. The standard InChI is InChI=1S/C38H53N3O9S/c1-3-5-11-26-18-34(43)49-17-9-7-6-8-12-25-13-10-14-27-22-40(24-31(25)27)37(46)50-29-19-32(41(23-29)35(26)44)33(42)21-38(20-28(38)4-2)36(45)39-51(47,48)30-15-16-30/h10,13-14,26,28-30,32H,3-9,11-12,15-24H2,1-2H3,(H,39,45)/t26-,28-,29-,32+,38-/m1/s1. The molecule has 0 radical (unpaired) electrons. The highest BCUT2D eigenvalue weighted by molar-refractivity contribution is 7.90. The largest absolute Gasteiger partial charge is 0.466 e. The number of hydrogen-bond donors (Lipinski definition) is 1. The van der Waals surface area contributed by atoms with Crippen molar-refractivity contribution in [1.29, 1.82) is 0 Å². The van der Waals surface area contributed by atoms with Crippen LogP contribution >= 0.6 is 0 Å². The van der Waals surface area contributed by atoms with Crippen LogP contribution in [0.25, 0.3) is 0 Å². The Kier molecular flexibility index (Phi) is 11.4. The van der Waals surface area contributed by atoms with Crippen LogP contribution in [0.3, 0.4) is 0 Å². The molecular formula is C38H53N3O9S. The fraction of sp³-hybridized carbons (Fsp3) is 0.711. The van der Waals surface area contributed by atoms with E-state index in [0.29, 0.717) is 51.6 Å². The molecule has 3 fully saturated rings. The van der Waals surface area contributed by atoms with Crippen molar-refractivity contribution in [3.05, 3.63) is 34.9 Å². The molecule has 3 aliphatic heterocycles. The summed E-state index contributed by atoms with van der Waals surface area (Å²) in [5.74, 6) is -2.74. The number of sulfonamides is 1. The number of ether oxygens (including phenoxy) is 2. The predicted molar refractivity (Wildman–Crippen MR) is 187 cm³/mol. The highest BCUT2D eigenvalue weighted by Crippen LogP contribution is 2.58. The summed E-state index contributed by atoms with van der Waals surface area (Å²) in [5, 5.41) is -0.583. The maximum Gasteiger partial charge on any atom is 0.410 e. The number of amides is 3. The van der Waals surface area contributed by atoms with Crippen molar-refractivity contribution in [3.63, 3.8) is 0 Å². The first-order valence-corrected chi connectivity index (χ1v) is 20.6. The molecule has 1 saturated heterocycles. The van der Waals surface area contributed by atoms with Crippen LogP contribution in [0.15, 0.2) is 18.2 Å². The highest BCUT2D eigenvalue weighted by Gasteiger charge is 2.61. The van der Waals surface area contributed by atoms with Crippen LogP contribution in [0.5, 0.6) is 0 Å². The van der Waals surface area contributed by atoms with Crippen LogP contribution in [0.2, 0.25) is 0 Å². The topological polar surface area (TPSA) is 156 Å². The first kappa shape index (κ1) is 37.3. The Bertz CT molecular complexity index is 1630. The summed E-state index contributed by atoms with van der Waals surface area (Å²) in [6.45, 7) is 5.01. The van der Waals surface area contributed by atoms with Gasteiger partial charge in [-0.15, -0.1) is 0 Å². The van der Waals surface area contributed by atoms with Gasteiger partial charge in [-0.05, 0) is 67.6 Å². The summed E-state index contributed by atoms with van der Waals surface area (Å²) >= 11 is 0. The van der Waals surface area contributed by atoms with E-state index in [1.165, 1.54) is 10.5 Å². The third-order valence-corrected chi connectivity index (χ3v) is 13.5. The number of nitrogens with one attached hydrogen (secondary N) is 1. The van der Waals surface area contributed by atoms with Crippen LogP contribution in [0.4, 0.5) is 4.79 Å². The van der Waals surface area contributed by atoms with Crippen LogP contribution < -0.4 is 4.72 Å². The van der Waals surface area contributed by atoms with Gasteiger partial charge in [-0.1, -0.05) is 64.2 Å². The zero-order chi connectivity index (χ0) is 36.3. The van der Waals surface area contributed by atoms with Crippen molar-refractivity contribution >= 4 is 39.7 Å². The zero-order valence-corrected chi connectivity index (χ0v) is 30.8. The van der Waals surface area contributed by atoms with E-state index >= 15 is 0 Å². The molecule has 5 atom stereocenters. The van der Waals surface area contributed by atoms with Gasteiger partial charge in [-0.25, -0.2) is 13.2 Å². The monoisotopic (exact) mass is 727 g/mol. The van der Waals surface area contributed by atoms with Gasteiger partial charge in [0.15, 0.2) is 5.78 Å². The molecule has 280 valence electrons. The number of rotatable bonds is 10. The van der Waals surface area contributed by atoms with Gasteiger partial charge < -0.3 is 14.4 Å². The van der Waals surface area contributed by atoms with Crippen LogP contribution in [0, 0.1) is 17.3 Å². The van der Waals surface area contributed by atoms with E-state index in [0.717, 1.165) is 49.7 Å². The summed E-state index contributed by atoms with van der Waals surface area (Å²) in [4.78, 5) is 71.8. The van der Waals surface area contributed by atoms with Gasteiger partial charge in [0.2, 0.25) is 21.8 Å². The molecule has 3 heterocycles. The molecule has 0 spiro atoms. The number of carbonyl (C=O) groups is 5. The smallest absolute Gasteiger partial charge is 0.410 e. The van der Waals surface area contributed by atoms with Gasteiger partial charge in [0.1, 0.15) is 6.10 Å². The Morgan fingerprint density at radius 2 is 1.78 bits per heavy atom. The van der Waals surface area contributed by atoms with Gasteiger partial charge in [0.05, 0.1) is 36.3 Å². The lowest BCUT2D eigenvalue weighted by Crippen LogP contribution is -2.46. The molecule has 13 heteroatoms. The maximum atomic E-state index is 14.3. The lowest BCUT2D eigenvalue weighted by molar-refractivity contribution is -0.150. The van der Waals surface area contributed by atoms with E-state index in [1.54, 1.807) is 4.90 Å². The van der Waals surface area contributed by atoms with E-state index in [-0.39, 0.29) is 50.0 Å². The molecule has 0 unspecified atom stereocenters. The quantitative estimate of drug-likeness (QED) is 0.330. The fourth-order valence-corrected chi connectivity index (χ4v) is 9.72. The number of benzene rings is 1. The summed E-state index contributed by atoms with van der Waals surface area (Å²) in [6, 6.07) is 5.15. The van der Waals surface area contributed by atoms with Crippen molar-refractivity contribution in [1.82, 2.24) is 14.5 Å². The number of Topliss-reactive ketones (excluding diaryl/α,β-unsaturated/α-hetero) is 1. The Morgan fingerprint density at radius 3 is 2.51 bits per heavy atom. The first-order valence-electron chi connectivity index (χ1n) is 19.1. The number of esters is 1. The van der Waals surface area contributed by atoms with Gasteiger partial charge in [-0.2, -0.15) is 0 Å². The number of aryl methyl sites for hydroxylation is 1. The van der Waals surface area contributed by atoms with E-state index in [4.69, 9.17) is 9.47 Å². The number of unbranched alkanes of at least 4 members (excludes halogenated alkanes) is 1. The van der Waals surface area contributed by atoms with E-state index in [1.807, 2.05) is 26.0 Å². The van der Waals surface area contributed by atoms with Crippen LogP contribution in [-0.4, -0.2) is 78.4 Å². The third kappa shape index (κ3) is 8.44. The Morgan fingerprint density at radius 1 is 1.02 bits per heavy atom. The van der Waals surface area contributed by atoms with E-state index in [2.05, 4.69) is 10.8 Å². The molecule has 0 aromatic heterocycles. The maximum absolute atomic E-state index is 14.3. The van der Waals surface area contributed by atoms with Crippen molar-refractivity contribution in [2.75, 3.05) is 13.2 Å².